The van der Waals surface area contributed by atoms with E-state index in [4.69, 9.17) is 5.11 Å². The third-order valence-corrected chi connectivity index (χ3v) is 4.69. The molecule has 100 valence electrons. The van der Waals surface area contributed by atoms with Crippen molar-refractivity contribution >= 4 is 17.3 Å². The highest BCUT2D eigenvalue weighted by molar-refractivity contribution is 7.15. The molecular weight excluding hydrogens is 260 g/mol. The Kier molecular flexibility index (Phi) is 3.73. The SMILES string of the molecule is CC(C)(c1ccc(-c2ccccc2)s1)C(O)C(=O)O. The number of aliphatic hydroxyl groups is 1. The third kappa shape index (κ3) is 2.69. The molecule has 0 saturated carbocycles. The minimum Gasteiger partial charge on any atom is -0.479 e. The van der Waals surface area contributed by atoms with E-state index < -0.39 is 17.5 Å². The van der Waals surface area contributed by atoms with Crippen molar-refractivity contribution in [3.63, 3.8) is 0 Å². The monoisotopic (exact) mass is 276 g/mol. The van der Waals surface area contributed by atoms with Gasteiger partial charge in [-0.05, 0) is 17.7 Å². The molecule has 1 atom stereocenters. The number of carbonyl (C=O) groups is 1. The molecule has 0 aliphatic heterocycles. The number of benzene rings is 1. The first-order chi connectivity index (χ1) is 8.93. The van der Waals surface area contributed by atoms with Crippen LogP contribution < -0.4 is 0 Å². The van der Waals surface area contributed by atoms with Crippen LogP contribution in [0.15, 0.2) is 42.5 Å². The summed E-state index contributed by atoms with van der Waals surface area (Å²) < 4.78 is 0. The van der Waals surface area contributed by atoms with Crippen LogP contribution in [0.1, 0.15) is 18.7 Å². The van der Waals surface area contributed by atoms with E-state index >= 15 is 0 Å². The van der Waals surface area contributed by atoms with Gasteiger partial charge in [0.05, 0.1) is 0 Å². The van der Waals surface area contributed by atoms with Crippen molar-refractivity contribution in [2.75, 3.05) is 0 Å². The molecule has 0 radical (unpaired) electrons. The van der Waals surface area contributed by atoms with Crippen molar-refractivity contribution in [2.45, 2.75) is 25.4 Å². The molecular formula is C15H16O3S. The van der Waals surface area contributed by atoms with Gasteiger partial charge < -0.3 is 10.2 Å². The van der Waals surface area contributed by atoms with Crippen LogP contribution in [0.4, 0.5) is 0 Å². The van der Waals surface area contributed by atoms with E-state index in [2.05, 4.69) is 0 Å². The lowest BCUT2D eigenvalue weighted by molar-refractivity contribution is -0.150. The number of aliphatic hydroxyl groups excluding tert-OH is 1. The lowest BCUT2D eigenvalue weighted by Crippen LogP contribution is -2.39. The predicted octanol–water partition coefficient (Wildman–Crippen LogP) is 3.14. The Bertz CT molecular complexity index is 572. The molecule has 1 heterocycles. The number of hydrogen-bond donors (Lipinski definition) is 2. The second kappa shape index (κ2) is 5.15. The zero-order chi connectivity index (χ0) is 14.0. The summed E-state index contributed by atoms with van der Waals surface area (Å²) in [5.74, 6) is -1.19. The molecule has 0 fully saturated rings. The summed E-state index contributed by atoms with van der Waals surface area (Å²) in [6, 6.07) is 13.8. The predicted molar refractivity (Wildman–Crippen MR) is 76.4 cm³/mol. The van der Waals surface area contributed by atoms with E-state index in [1.54, 1.807) is 13.8 Å². The number of rotatable bonds is 4. The van der Waals surface area contributed by atoms with Crippen LogP contribution in [0.2, 0.25) is 0 Å². The normalized spacial score (nSPS) is 13.2. The molecule has 0 amide bonds. The molecule has 4 heteroatoms. The molecule has 2 N–H and O–H groups in total. The van der Waals surface area contributed by atoms with Gasteiger partial charge >= 0.3 is 5.97 Å². The summed E-state index contributed by atoms with van der Waals surface area (Å²) >= 11 is 1.52. The molecule has 3 nitrogen and oxygen atoms in total. The number of aliphatic carboxylic acids is 1. The van der Waals surface area contributed by atoms with E-state index in [1.165, 1.54) is 11.3 Å². The summed E-state index contributed by atoms with van der Waals surface area (Å²) in [5.41, 5.74) is 0.295. The van der Waals surface area contributed by atoms with E-state index in [1.807, 2.05) is 42.5 Å². The van der Waals surface area contributed by atoms with Crippen molar-refractivity contribution in [2.24, 2.45) is 0 Å². The van der Waals surface area contributed by atoms with Gasteiger partial charge in [0, 0.05) is 15.2 Å². The average Bonchev–Trinajstić information content (AvgIpc) is 2.89. The smallest absolute Gasteiger partial charge is 0.333 e. The maximum absolute atomic E-state index is 11.0. The molecule has 2 rings (SSSR count). The van der Waals surface area contributed by atoms with Crippen LogP contribution in [0.3, 0.4) is 0 Å². The molecule has 0 spiro atoms. The fourth-order valence-corrected chi connectivity index (χ4v) is 3.02. The Morgan fingerprint density at radius 3 is 2.37 bits per heavy atom. The van der Waals surface area contributed by atoms with Crippen molar-refractivity contribution in [1.29, 1.82) is 0 Å². The third-order valence-electron chi connectivity index (χ3n) is 3.22. The quantitative estimate of drug-likeness (QED) is 0.902. The Labute approximate surface area is 116 Å². The highest BCUT2D eigenvalue weighted by atomic mass is 32.1. The molecule has 1 unspecified atom stereocenters. The fourth-order valence-electron chi connectivity index (χ4n) is 1.89. The number of carboxylic acid groups (broad SMARTS) is 1. The fraction of sp³-hybridized carbons (Fsp3) is 0.267. The number of carboxylic acids is 1. The lowest BCUT2D eigenvalue weighted by atomic mass is 9.85. The molecule has 2 aromatic rings. The first-order valence-corrected chi connectivity index (χ1v) is 6.81. The summed E-state index contributed by atoms with van der Waals surface area (Å²) in [4.78, 5) is 12.9. The van der Waals surface area contributed by atoms with E-state index in [0.29, 0.717) is 0 Å². The zero-order valence-electron chi connectivity index (χ0n) is 10.8. The topological polar surface area (TPSA) is 57.5 Å². The Hall–Kier alpha value is -1.65. The number of hydrogen-bond acceptors (Lipinski definition) is 3. The van der Waals surface area contributed by atoms with Gasteiger partial charge in [-0.25, -0.2) is 4.79 Å². The van der Waals surface area contributed by atoms with Crippen LogP contribution in [0.25, 0.3) is 10.4 Å². The van der Waals surface area contributed by atoms with Crippen LogP contribution >= 0.6 is 11.3 Å². The van der Waals surface area contributed by atoms with Gasteiger partial charge in [0.2, 0.25) is 0 Å². The Balaban J connectivity index is 2.34. The maximum Gasteiger partial charge on any atom is 0.333 e. The highest BCUT2D eigenvalue weighted by Crippen LogP contribution is 2.37. The van der Waals surface area contributed by atoms with Gasteiger partial charge in [0.1, 0.15) is 0 Å². The van der Waals surface area contributed by atoms with Gasteiger partial charge in [-0.3, -0.25) is 0 Å². The van der Waals surface area contributed by atoms with Gasteiger partial charge in [-0.2, -0.15) is 0 Å². The Morgan fingerprint density at radius 2 is 1.79 bits per heavy atom. The van der Waals surface area contributed by atoms with Crippen LogP contribution in [0.5, 0.6) is 0 Å². The molecule has 19 heavy (non-hydrogen) atoms. The van der Waals surface area contributed by atoms with Crippen molar-refractivity contribution in [3.05, 3.63) is 47.3 Å². The summed E-state index contributed by atoms with van der Waals surface area (Å²) in [5, 5.41) is 18.8. The first kappa shape index (κ1) is 13.8. The Morgan fingerprint density at radius 1 is 1.16 bits per heavy atom. The second-order valence-electron chi connectivity index (χ2n) is 4.99. The lowest BCUT2D eigenvalue weighted by Gasteiger charge is -2.26. The van der Waals surface area contributed by atoms with Gasteiger partial charge in [-0.1, -0.05) is 44.2 Å². The minimum atomic E-state index is -1.41. The highest BCUT2D eigenvalue weighted by Gasteiger charge is 2.36. The maximum atomic E-state index is 11.0. The molecule has 0 aliphatic carbocycles. The molecule has 0 aliphatic rings. The summed E-state index contributed by atoms with van der Waals surface area (Å²) in [6.07, 6.45) is -1.41. The molecule has 1 aromatic heterocycles. The summed E-state index contributed by atoms with van der Waals surface area (Å²) in [6.45, 7) is 3.48. The van der Waals surface area contributed by atoms with Crippen LogP contribution in [0, 0.1) is 0 Å². The summed E-state index contributed by atoms with van der Waals surface area (Å²) in [7, 11) is 0. The molecule has 1 aromatic carbocycles. The minimum absolute atomic E-state index is 0.802. The largest absolute Gasteiger partial charge is 0.479 e. The van der Waals surface area contributed by atoms with E-state index in [0.717, 1.165) is 15.3 Å². The standard InChI is InChI=1S/C15H16O3S/c1-15(2,13(16)14(17)18)12-9-8-11(19-12)10-6-4-3-5-7-10/h3-9,13,16H,1-2H3,(H,17,18). The van der Waals surface area contributed by atoms with Gasteiger partial charge in [-0.15, -0.1) is 11.3 Å². The van der Waals surface area contributed by atoms with Crippen LogP contribution in [-0.2, 0) is 10.2 Å². The number of thiophene rings is 1. The molecule has 0 bridgehead atoms. The van der Waals surface area contributed by atoms with Crippen LogP contribution in [-0.4, -0.2) is 22.3 Å². The first-order valence-electron chi connectivity index (χ1n) is 5.99. The average molecular weight is 276 g/mol. The second-order valence-corrected chi connectivity index (χ2v) is 6.08. The molecule has 0 saturated heterocycles. The van der Waals surface area contributed by atoms with Gasteiger partial charge in [0.15, 0.2) is 6.10 Å². The van der Waals surface area contributed by atoms with Crippen molar-refractivity contribution in [3.8, 4) is 10.4 Å². The van der Waals surface area contributed by atoms with Crippen molar-refractivity contribution < 1.29 is 15.0 Å². The van der Waals surface area contributed by atoms with E-state index in [9.17, 15) is 9.90 Å². The van der Waals surface area contributed by atoms with Gasteiger partial charge in [0.25, 0.3) is 0 Å². The van der Waals surface area contributed by atoms with Crippen molar-refractivity contribution in [1.82, 2.24) is 0 Å². The van der Waals surface area contributed by atoms with E-state index in [-0.39, 0.29) is 0 Å². The zero-order valence-corrected chi connectivity index (χ0v) is 11.6.